The highest BCUT2D eigenvalue weighted by Crippen LogP contribution is 2.13. The Bertz CT molecular complexity index is 897. The summed E-state index contributed by atoms with van der Waals surface area (Å²) in [7, 11) is 0. The van der Waals surface area contributed by atoms with E-state index in [1.165, 1.54) is 0 Å². The number of carbonyl (C=O) groups is 2. The first kappa shape index (κ1) is 18.8. The number of rotatable bonds is 4. The molecule has 0 unspecified atom stereocenters. The molecule has 26 heavy (non-hydrogen) atoms. The van der Waals surface area contributed by atoms with Crippen molar-refractivity contribution >= 4 is 11.9 Å². The molecule has 0 spiro atoms. The van der Waals surface area contributed by atoms with Crippen molar-refractivity contribution < 1.29 is 19.8 Å². The Morgan fingerprint density at radius 3 is 1.46 bits per heavy atom. The van der Waals surface area contributed by atoms with E-state index in [1.807, 2.05) is 13.8 Å². The second kappa shape index (κ2) is 8.55. The minimum absolute atomic E-state index is 0.182. The molecule has 0 aliphatic rings. The lowest BCUT2D eigenvalue weighted by atomic mass is 10.0. The number of carboxylic acids is 2. The first-order chi connectivity index (χ1) is 12.5. The number of aryl methyl sites for hydroxylation is 2. The van der Waals surface area contributed by atoms with E-state index >= 15 is 0 Å². The molecule has 0 aliphatic carbocycles. The first-order valence-corrected chi connectivity index (χ1v) is 8.20. The normalized spacial score (nSPS) is 9.46. The lowest BCUT2D eigenvalue weighted by Gasteiger charge is -2.02. The van der Waals surface area contributed by atoms with Crippen molar-refractivity contribution in [2.75, 3.05) is 0 Å². The van der Waals surface area contributed by atoms with Crippen LogP contribution in [0.2, 0.25) is 0 Å². The summed E-state index contributed by atoms with van der Waals surface area (Å²) >= 11 is 0. The van der Waals surface area contributed by atoms with E-state index in [2.05, 4.69) is 23.7 Å². The topological polar surface area (TPSA) is 74.6 Å². The lowest BCUT2D eigenvalue weighted by molar-refractivity contribution is 0.0686. The van der Waals surface area contributed by atoms with Gasteiger partial charge in [0, 0.05) is 11.1 Å². The molecule has 4 heteroatoms. The molecule has 0 saturated heterocycles. The largest absolute Gasteiger partial charge is 0.478 e. The summed E-state index contributed by atoms with van der Waals surface area (Å²) < 4.78 is 0. The molecule has 0 aliphatic heterocycles. The van der Waals surface area contributed by atoms with Gasteiger partial charge in [0.1, 0.15) is 0 Å². The minimum atomic E-state index is -1.00. The van der Waals surface area contributed by atoms with Gasteiger partial charge >= 0.3 is 11.9 Å². The molecule has 0 fully saturated rings. The smallest absolute Gasteiger partial charge is 0.335 e. The Balaban J connectivity index is 2.38. The Morgan fingerprint density at radius 1 is 0.769 bits per heavy atom. The van der Waals surface area contributed by atoms with Crippen LogP contribution in [0.15, 0.2) is 36.4 Å². The Morgan fingerprint density at radius 2 is 1.15 bits per heavy atom. The van der Waals surface area contributed by atoms with Gasteiger partial charge in [0.2, 0.25) is 0 Å². The highest BCUT2D eigenvalue weighted by Gasteiger charge is 2.06. The van der Waals surface area contributed by atoms with Crippen molar-refractivity contribution in [1.82, 2.24) is 0 Å². The predicted molar refractivity (Wildman–Crippen MR) is 99.3 cm³/mol. The summed E-state index contributed by atoms with van der Waals surface area (Å²) in [5.41, 5.74) is 3.54. The summed E-state index contributed by atoms with van der Waals surface area (Å²) in [6, 6.07) is 9.71. The molecule has 0 radical (unpaired) electrons. The van der Waals surface area contributed by atoms with Crippen LogP contribution in [0.3, 0.4) is 0 Å². The molecule has 0 amide bonds. The summed E-state index contributed by atoms with van der Waals surface area (Å²) in [4.78, 5) is 22.2. The second-order valence-corrected chi connectivity index (χ2v) is 5.56. The molecule has 2 aromatic rings. The third-order valence-corrected chi connectivity index (χ3v) is 3.93. The van der Waals surface area contributed by atoms with Gasteiger partial charge in [-0.2, -0.15) is 0 Å². The van der Waals surface area contributed by atoms with Crippen molar-refractivity contribution in [3.05, 3.63) is 69.8 Å². The van der Waals surface area contributed by atoms with Crippen LogP contribution >= 0.6 is 0 Å². The summed E-state index contributed by atoms with van der Waals surface area (Å²) in [6.45, 7) is 3.94. The fourth-order valence-corrected chi connectivity index (χ4v) is 2.47. The zero-order valence-corrected chi connectivity index (χ0v) is 14.6. The minimum Gasteiger partial charge on any atom is -0.478 e. The maximum absolute atomic E-state index is 11.1. The third-order valence-electron chi connectivity index (χ3n) is 3.93. The van der Waals surface area contributed by atoms with Crippen LogP contribution in [0.5, 0.6) is 0 Å². The van der Waals surface area contributed by atoms with Crippen LogP contribution in [-0.2, 0) is 12.8 Å². The molecule has 2 N–H and O–H groups in total. The van der Waals surface area contributed by atoms with Gasteiger partial charge in [-0.05, 0) is 60.1 Å². The average molecular weight is 346 g/mol. The molecule has 4 nitrogen and oxygen atoms in total. The van der Waals surface area contributed by atoms with Crippen LogP contribution < -0.4 is 0 Å². The van der Waals surface area contributed by atoms with E-state index in [1.54, 1.807) is 36.4 Å². The van der Waals surface area contributed by atoms with E-state index in [0.717, 1.165) is 24.0 Å². The van der Waals surface area contributed by atoms with Crippen molar-refractivity contribution in [3.8, 4) is 23.7 Å². The SMILES string of the molecule is CCc1ccc(C(=O)O)cc1C#CC#Cc1cc(C(=O)O)ccc1CC. The zero-order valence-electron chi connectivity index (χ0n) is 14.6. The summed E-state index contributed by atoms with van der Waals surface area (Å²) in [5, 5.41) is 18.2. The number of carboxylic acid groups (broad SMARTS) is 2. The summed E-state index contributed by atoms with van der Waals surface area (Å²) in [6.07, 6.45) is 1.47. The van der Waals surface area contributed by atoms with Crippen LogP contribution in [-0.4, -0.2) is 22.2 Å². The predicted octanol–water partition coefficient (Wildman–Crippen LogP) is 3.61. The first-order valence-electron chi connectivity index (χ1n) is 8.20. The molecule has 130 valence electrons. The maximum atomic E-state index is 11.1. The molecular weight excluding hydrogens is 328 g/mol. The van der Waals surface area contributed by atoms with Crippen LogP contribution in [0, 0.1) is 23.7 Å². The van der Waals surface area contributed by atoms with Crippen LogP contribution in [0.4, 0.5) is 0 Å². The highest BCUT2D eigenvalue weighted by atomic mass is 16.4. The molecule has 2 rings (SSSR count). The van der Waals surface area contributed by atoms with Crippen molar-refractivity contribution in [2.24, 2.45) is 0 Å². The van der Waals surface area contributed by atoms with Crippen LogP contribution in [0.1, 0.15) is 56.8 Å². The van der Waals surface area contributed by atoms with Gasteiger partial charge in [0.25, 0.3) is 0 Å². The van der Waals surface area contributed by atoms with Gasteiger partial charge < -0.3 is 10.2 Å². The molecular formula is C22H18O4. The second-order valence-electron chi connectivity index (χ2n) is 5.56. The Labute approximate surface area is 152 Å². The average Bonchev–Trinajstić information content (AvgIpc) is 2.64. The van der Waals surface area contributed by atoms with Crippen molar-refractivity contribution in [3.63, 3.8) is 0 Å². The van der Waals surface area contributed by atoms with E-state index in [-0.39, 0.29) is 11.1 Å². The number of aromatic carboxylic acids is 2. The van der Waals surface area contributed by atoms with Crippen molar-refractivity contribution in [1.29, 1.82) is 0 Å². The fourth-order valence-electron chi connectivity index (χ4n) is 2.47. The molecule has 0 heterocycles. The van der Waals surface area contributed by atoms with Gasteiger partial charge in [-0.25, -0.2) is 9.59 Å². The Hall–Kier alpha value is -3.50. The van der Waals surface area contributed by atoms with Crippen molar-refractivity contribution in [2.45, 2.75) is 26.7 Å². The quantitative estimate of drug-likeness (QED) is 0.830. The number of benzene rings is 2. The zero-order chi connectivity index (χ0) is 19.1. The third kappa shape index (κ3) is 4.53. The summed E-state index contributed by atoms with van der Waals surface area (Å²) in [5.74, 6) is 9.28. The fraction of sp³-hybridized carbons (Fsp3) is 0.182. The van der Waals surface area contributed by atoms with Gasteiger partial charge in [0.05, 0.1) is 11.1 Å². The lowest BCUT2D eigenvalue weighted by Crippen LogP contribution is -1.99. The number of hydrogen-bond acceptors (Lipinski definition) is 2. The van der Waals surface area contributed by atoms with Gasteiger partial charge in [-0.3, -0.25) is 0 Å². The van der Waals surface area contributed by atoms with E-state index in [0.29, 0.717) is 11.1 Å². The van der Waals surface area contributed by atoms with Gasteiger partial charge in [-0.1, -0.05) is 37.8 Å². The maximum Gasteiger partial charge on any atom is 0.335 e. The standard InChI is InChI=1S/C22H18O4/c1-3-15-9-11-19(21(23)24)13-17(15)7-5-6-8-18-14-20(22(25)26)12-10-16(18)4-2/h9-14H,3-4H2,1-2H3,(H,23,24)(H,25,26). The van der Waals surface area contributed by atoms with Gasteiger partial charge in [0.15, 0.2) is 0 Å². The molecule has 2 aromatic carbocycles. The van der Waals surface area contributed by atoms with E-state index in [4.69, 9.17) is 10.2 Å². The Kier molecular flexibility index (Phi) is 6.20. The molecule has 0 atom stereocenters. The van der Waals surface area contributed by atoms with Gasteiger partial charge in [-0.15, -0.1) is 0 Å². The molecule has 0 aromatic heterocycles. The van der Waals surface area contributed by atoms with E-state index < -0.39 is 11.9 Å². The highest BCUT2D eigenvalue weighted by molar-refractivity contribution is 5.88. The monoisotopic (exact) mass is 346 g/mol. The van der Waals surface area contributed by atoms with Crippen LogP contribution in [0.25, 0.3) is 0 Å². The van der Waals surface area contributed by atoms with E-state index in [9.17, 15) is 9.59 Å². The number of hydrogen-bond donors (Lipinski definition) is 2. The molecule has 0 bridgehead atoms. The molecule has 0 saturated carbocycles.